The third kappa shape index (κ3) is 3.45. The summed E-state index contributed by atoms with van der Waals surface area (Å²) in [7, 11) is 0. The lowest BCUT2D eigenvalue weighted by molar-refractivity contribution is -0.166. The van der Waals surface area contributed by atoms with Crippen molar-refractivity contribution in [2.75, 3.05) is 0 Å². The van der Waals surface area contributed by atoms with Gasteiger partial charge in [-0.25, -0.2) is 19.2 Å². The van der Waals surface area contributed by atoms with Gasteiger partial charge in [0.05, 0.1) is 0 Å². The summed E-state index contributed by atoms with van der Waals surface area (Å²) in [5, 5.41) is 0. The molecule has 0 N–H and O–H groups in total. The molecule has 0 spiro atoms. The van der Waals surface area contributed by atoms with Gasteiger partial charge in [-0.3, -0.25) is 0 Å². The van der Waals surface area contributed by atoms with Gasteiger partial charge in [-0.2, -0.15) is 0 Å². The molecule has 2 aromatic rings. The van der Waals surface area contributed by atoms with Gasteiger partial charge in [0.25, 0.3) is 0 Å². The number of hydrogen-bond donors (Lipinski definition) is 0. The van der Waals surface area contributed by atoms with Gasteiger partial charge in [-0.15, -0.1) is 0 Å². The molecule has 2 aromatic carbocycles. The van der Waals surface area contributed by atoms with Crippen molar-refractivity contribution >= 4 is 23.9 Å². The zero-order valence-corrected chi connectivity index (χ0v) is 12.6. The van der Waals surface area contributed by atoms with E-state index in [4.69, 9.17) is 9.47 Å². The number of rotatable bonds is 4. The summed E-state index contributed by atoms with van der Waals surface area (Å²) in [6, 6.07) is 15.8. The molecule has 124 valence electrons. The van der Waals surface area contributed by atoms with Crippen LogP contribution in [0.2, 0.25) is 0 Å². The molecule has 1 saturated heterocycles. The number of carbonyl (C=O) groups excluding carboxylic acids is 4. The van der Waals surface area contributed by atoms with Crippen LogP contribution < -0.4 is 9.47 Å². The maximum atomic E-state index is 12.3. The number of carbonyl (C=O) groups is 4. The SMILES string of the molecule is O=C1OC(=O)C1=C(C(=O)Oc1ccccc1)C(=O)Oc1ccccc1. The molecule has 0 unspecified atom stereocenters. The minimum Gasteiger partial charge on any atom is -0.423 e. The molecule has 1 heterocycles. The summed E-state index contributed by atoms with van der Waals surface area (Å²) in [5.74, 6) is -4.28. The number of benzene rings is 2. The van der Waals surface area contributed by atoms with Crippen molar-refractivity contribution in [3.05, 3.63) is 71.8 Å². The molecule has 0 amide bonds. The van der Waals surface area contributed by atoms with Crippen LogP contribution >= 0.6 is 0 Å². The van der Waals surface area contributed by atoms with Crippen molar-refractivity contribution in [2.45, 2.75) is 0 Å². The Kier molecular flexibility index (Phi) is 4.38. The maximum Gasteiger partial charge on any atom is 0.354 e. The van der Waals surface area contributed by atoms with E-state index >= 15 is 0 Å². The standard InChI is InChI=1S/C18H10O7/c19-15(23-11-7-3-1-4-8-11)13(14-17(21)25-18(14)22)16(20)24-12-9-5-2-6-10-12/h1-10H. The van der Waals surface area contributed by atoms with Crippen LogP contribution in [0, 0.1) is 0 Å². The summed E-state index contributed by atoms with van der Waals surface area (Å²) in [6.45, 7) is 0. The van der Waals surface area contributed by atoms with E-state index in [1.165, 1.54) is 24.3 Å². The fraction of sp³-hybridized carbons (Fsp3) is 0. The van der Waals surface area contributed by atoms with Crippen molar-refractivity contribution < 1.29 is 33.4 Å². The largest absolute Gasteiger partial charge is 0.423 e. The third-order valence-electron chi connectivity index (χ3n) is 3.16. The zero-order chi connectivity index (χ0) is 17.8. The van der Waals surface area contributed by atoms with E-state index in [0.717, 1.165) is 0 Å². The average molecular weight is 338 g/mol. The molecule has 0 aliphatic carbocycles. The molecule has 0 radical (unpaired) electrons. The Bertz CT molecular complexity index is 811. The van der Waals surface area contributed by atoms with Crippen molar-refractivity contribution in [2.24, 2.45) is 0 Å². The summed E-state index contributed by atoms with van der Waals surface area (Å²) in [5.41, 5.74) is -1.50. The van der Waals surface area contributed by atoms with Crippen LogP contribution in [0.3, 0.4) is 0 Å². The molecule has 7 nitrogen and oxygen atoms in total. The topological polar surface area (TPSA) is 96.0 Å². The molecule has 0 bridgehead atoms. The average Bonchev–Trinajstić information content (AvgIpc) is 2.61. The normalized spacial score (nSPS) is 12.7. The summed E-state index contributed by atoms with van der Waals surface area (Å²) < 4.78 is 14.2. The zero-order valence-electron chi connectivity index (χ0n) is 12.6. The Morgan fingerprint density at radius 2 is 1.08 bits per heavy atom. The highest BCUT2D eigenvalue weighted by Gasteiger charge is 2.44. The fourth-order valence-corrected chi connectivity index (χ4v) is 2.01. The van der Waals surface area contributed by atoms with Crippen LogP contribution in [0.1, 0.15) is 0 Å². The van der Waals surface area contributed by atoms with E-state index in [9.17, 15) is 19.2 Å². The highest BCUT2D eigenvalue weighted by Crippen LogP contribution is 2.23. The molecule has 0 aromatic heterocycles. The monoisotopic (exact) mass is 338 g/mol. The van der Waals surface area contributed by atoms with Gasteiger partial charge in [0.1, 0.15) is 11.5 Å². The number of para-hydroxylation sites is 2. The number of ether oxygens (including phenoxy) is 3. The Morgan fingerprint density at radius 3 is 1.44 bits per heavy atom. The maximum absolute atomic E-state index is 12.3. The van der Waals surface area contributed by atoms with Crippen molar-refractivity contribution in [3.63, 3.8) is 0 Å². The molecule has 1 fully saturated rings. The van der Waals surface area contributed by atoms with Crippen molar-refractivity contribution in [1.29, 1.82) is 0 Å². The van der Waals surface area contributed by atoms with Gasteiger partial charge < -0.3 is 14.2 Å². The second-order valence-corrected chi connectivity index (χ2v) is 4.83. The second kappa shape index (κ2) is 6.79. The van der Waals surface area contributed by atoms with Gasteiger partial charge >= 0.3 is 23.9 Å². The molecule has 0 saturated carbocycles. The number of hydrogen-bond acceptors (Lipinski definition) is 7. The van der Waals surface area contributed by atoms with E-state index in [1.807, 2.05) is 0 Å². The predicted molar refractivity (Wildman–Crippen MR) is 82.3 cm³/mol. The van der Waals surface area contributed by atoms with Crippen LogP contribution in [-0.2, 0) is 23.9 Å². The van der Waals surface area contributed by atoms with E-state index in [-0.39, 0.29) is 11.5 Å². The van der Waals surface area contributed by atoms with Crippen LogP contribution in [0.4, 0.5) is 0 Å². The van der Waals surface area contributed by atoms with Gasteiger partial charge in [-0.05, 0) is 24.3 Å². The molecule has 1 aliphatic rings. The first kappa shape index (κ1) is 16.1. The Morgan fingerprint density at radius 1 is 0.680 bits per heavy atom. The Balaban J connectivity index is 1.91. The molecule has 25 heavy (non-hydrogen) atoms. The van der Waals surface area contributed by atoms with Gasteiger partial charge in [-0.1, -0.05) is 36.4 Å². The van der Waals surface area contributed by atoms with Crippen LogP contribution in [0.15, 0.2) is 71.8 Å². The van der Waals surface area contributed by atoms with Gasteiger partial charge in [0.2, 0.25) is 0 Å². The lowest BCUT2D eigenvalue weighted by atomic mass is 10.1. The van der Waals surface area contributed by atoms with Crippen molar-refractivity contribution in [3.8, 4) is 11.5 Å². The predicted octanol–water partition coefficient (Wildman–Crippen LogP) is 1.58. The van der Waals surface area contributed by atoms with E-state index in [2.05, 4.69) is 4.74 Å². The Hall–Kier alpha value is -3.74. The van der Waals surface area contributed by atoms with Gasteiger partial charge in [0, 0.05) is 0 Å². The molecular formula is C18H10O7. The minimum atomic E-state index is -1.19. The van der Waals surface area contributed by atoms with Crippen LogP contribution in [0.25, 0.3) is 0 Å². The van der Waals surface area contributed by atoms with Gasteiger partial charge in [0.15, 0.2) is 11.1 Å². The fourth-order valence-electron chi connectivity index (χ4n) is 2.01. The molecular weight excluding hydrogens is 328 g/mol. The Labute approximate surface area is 141 Å². The first-order chi connectivity index (χ1) is 12.1. The summed E-state index contributed by atoms with van der Waals surface area (Å²) in [6.07, 6.45) is 0. The smallest absolute Gasteiger partial charge is 0.354 e. The molecule has 3 rings (SSSR count). The highest BCUT2D eigenvalue weighted by atomic mass is 16.6. The van der Waals surface area contributed by atoms with Crippen molar-refractivity contribution in [1.82, 2.24) is 0 Å². The van der Waals surface area contributed by atoms with E-state index in [0.29, 0.717) is 0 Å². The minimum absolute atomic E-state index is 0.137. The first-order valence-electron chi connectivity index (χ1n) is 7.11. The summed E-state index contributed by atoms with van der Waals surface area (Å²) >= 11 is 0. The highest BCUT2D eigenvalue weighted by molar-refractivity contribution is 6.35. The van der Waals surface area contributed by atoms with E-state index < -0.39 is 35.0 Å². The third-order valence-corrected chi connectivity index (χ3v) is 3.16. The molecule has 0 atom stereocenters. The lowest BCUT2D eigenvalue weighted by Crippen LogP contribution is -2.38. The second-order valence-electron chi connectivity index (χ2n) is 4.83. The lowest BCUT2D eigenvalue weighted by Gasteiger charge is -2.17. The molecule has 1 aliphatic heterocycles. The van der Waals surface area contributed by atoms with E-state index in [1.54, 1.807) is 36.4 Å². The van der Waals surface area contributed by atoms with Crippen LogP contribution in [0.5, 0.6) is 11.5 Å². The quantitative estimate of drug-likeness (QED) is 0.274. The number of cyclic esters (lactones) is 2. The number of esters is 4. The van der Waals surface area contributed by atoms with Crippen LogP contribution in [-0.4, -0.2) is 23.9 Å². The first-order valence-corrected chi connectivity index (χ1v) is 7.11. The summed E-state index contributed by atoms with van der Waals surface area (Å²) in [4.78, 5) is 47.6. The molecule has 7 heteroatoms.